The van der Waals surface area contributed by atoms with Gasteiger partial charge < -0.3 is 15.0 Å². The molecule has 0 saturated carbocycles. The van der Waals surface area contributed by atoms with E-state index < -0.39 is 0 Å². The summed E-state index contributed by atoms with van der Waals surface area (Å²) < 4.78 is 6.03. The maximum absolute atomic E-state index is 7.98. The molecule has 0 spiro atoms. The Hall–Kier alpha value is -2.79. The van der Waals surface area contributed by atoms with Crippen LogP contribution in [-0.2, 0) is 0 Å². The summed E-state index contributed by atoms with van der Waals surface area (Å²) in [7, 11) is 0. The molecule has 5 heteroatoms. The normalized spacial score (nSPS) is 11.0. The first-order chi connectivity index (χ1) is 12.3. The van der Waals surface area contributed by atoms with Crippen molar-refractivity contribution in [3.05, 3.63) is 64.9 Å². The molecule has 126 valence electrons. The molecule has 0 aliphatic carbocycles. The molecular formula is C20H19N3OS. The Bertz CT molecular complexity index is 1000. The summed E-state index contributed by atoms with van der Waals surface area (Å²) in [6, 6.07) is 18.3. The number of benzene rings is 2. The van der Waals surface area contributed by atoms with Gasteiger partial charge in [0.25, 0.3) is 0 Å². The first kappa shape index (κ1) is 15.7. The van der Waals surface area contributed by atoms with Gasteiger partial charge in [-0.15, -0.1) is 11.3 Å². The molecule has 0 aliphatic rings. The van der Waals surface area contributed by atoms with E-state index in [4.69, 9.17) is 10.1 Å². The lowest BCUT2D eigenvalue weighted by molar-refractivity contribution is 0.315. The highest BCUT2D eigenvalue weighted by molar-refractivity contribution is 7.12. The van der Waals surface area contributed by atoms with E-state index in [0.717, 1.165) is 40.0 Å². The molecule has 25 heavy (non-hydrogen) atoms. The SMILES string of the molecule is N=C(NCCCOc1cccc2[nH]c3ccccc3c12)c1cccs1. The van der Waals surface area contributed by atoms with Crippen LogP contribution in [0.5, 0.6) is 5.75 Å². The third kappa shape index (κ3) is 3.23. The molecule has 2 aromatic carbocycles. The van der Waals surface area contributed by atoms with Crippen LogP contribution in [0.4, 0.5) is 0 Å². The van der Waals surface area contributed by atoms with Crippen molar-refractivity contribution in [2.24, 2.45) is 0 Å². The number of hydrogen-bond donors (Lipinski definition) is 3. The van der Waals surface area contributed by atoms with Crippen LogP contribution in [0.15, 0.2) is 60.0 Å². The topological polar surface area (TPSA) is 60.9 Å². The van der Waals surface area contributed by atoms with Crippen LogP contribution in [0.3, 0.4) is 0 Å². The van der Waals surface area contributed by atoms with Gasteiger partial charge in [-0.2, -0.15) is 0 Å². The molecule has 2 heterocycles. The van der Waals surface area contributed by atoms with Gasteiger partial charge in [0.1, 0.15) is 11.6 Å². The molecule has 0 radical (unpaired) electrons. The smallest absolute Gasteiger partial charge is 0.135 e. The van der Waals surface area contributed by atoms with Gasteiger partial charge in [-0.3, -0.25) is 5.41 Å². The van der Waals surface area contributed by atoms with Gasteiger partial charge in [-0.1, -0.05) is 30.3 Å². The number of aromatic amines is 1. The van der Waals surface area contributed by atoms with Crippen LogP contribution >= 0.6 is 11.3 Å². The second-order valence-electron chi connectivity index (χ2n) is 5.83. The van der Waals surface area contributed by atoms with Gasteiger partial charge >= 0.3 is 0 Å². The fraction of sp³-hybridized carbons (Fsp3) is 0.150. The maximum atomic E-state index is 7.98. The van der Waals surface area contributed by atoms with Crippen LogP contribution in [-0.4, -0.2) is 24.0 Å². The van der Waals surface area contributed by atoms with Crippen LogP contribution in [0, 0.1) is 5.41 Å². The van der Waals surface area contributed by atoms with E-state index in [1.54, 1.807) is 11.3 Å². The van der Waals surface area contributed by atoms with E-state index in [0.29, 0.717) is 12.4 Å². The van der Waals surface area contributed by atoms with Crippen molar-refractivity contribution in [1.29, 1.82) is 5.41 Å². The molecule has 0 saturated heterocycles. The minimum atomic E-state index is 0.480. The van der Waals surface area contributed by atoms with E-state index in [9.17, 15) is 0 Å². The maximum Gasteiger partial charge on any atom is 0.135 e. The summed E-state index contributed by atoms with van der Waals surface area (Å²) in [5, 5.41) is 15.4. The molecule has 0 aliphatic heterocycles. The molecule has 0 amide bonds. The highest BCUT2D eigenvalue weighted by Crippen LogP contribution is 2.32. The number of nitrogens with one attached hydrogen (secondary N) is 3. The van der Waals surface area contributed by atoms with Crippen molar-refractivity contribution in [1.82, 2.24) is 10.3 Å². The summed E-state index contributed by atoms with van der Waals surface area (Å²) >= 11 is 1.57. The number of thiophene rings is 1. The van der Waals surface area contributed by atoms with Crippen LogP contribution < -0.4 is 10.1 Å². The van der Waals surface area contributed by atoms with Gasteiger partial charge in [0.15, 0.2) is 0 Å². The number of fused-ring (bicyclic) bond motifs is 3. The largest absolute Gasteiger partial charge is 0.493 e. The molecule has 2 aromatic heterocycles. The molecular weight excluding hydrogens is 330 g/mol. The zero-order valence-corrected chi connectivity index (χ0v) is 14.5. The number of para-hydroxylation sites is 1. The van der Waals surface area contributed by atoms with Gasteiger partial charge in [0, 0.05) is 22.8 Å². The Morgan fingerprint density at radius 3 is 2.80 bits per heavy atom. The number of ether oxygens (including phenoxy) is 1. The molecule has 4 aromatic rings. The number of rotatable bonds is 6. The highest BCUT2D eigenvalue weighted by Gasteiger charge is 2.09. The monoisotopic (exact) mass is 349 g/mol. The average molecular weight is 349 g/mol. The number of aromatic nitrogens is 1. The lowest BCUT2D eigenvalue weighted by Crippen LogP contribution is -2.24. The van der Waals surface area contributed by atoms with E-state index in [-0.39, 0.29) is 0 Å². The third-order valence-corrected chi connectivity index (χ3v) is 5.03. The van der Waals surface area contributed by atoms with Gasteiger partial charge in [0.2, 0.25) is 0 Å². The van der Waals surface area contributed by atoms with Crippen molar-refractivity contribution >= 4 is 39.0 Å². The zero-order valence-electron chi connectivity index (χ0n) is 13.7. The zero-order chi connectivity index (χ0) is 17.1. The van der Waals surface area contributed by atoms with Crippen LogP contribution in [0.1, 0.15) is 11.3 Å². The molecule has 3 N–H and O–H groups in total. The van der Waals surface area contributed by atoms with Crippen LogP contribution in [0.25, 0.3) is 21.8 Å². The molecule has 0 atom stereocenters. The van der Waals surface area contributed by atoms with E-state index in [1.807, 2.05) is 41.8 Å². The standard InChI is InChI=1S/C20H19N3OS/c21-20(18-10-4-13-25-18)22-11-5-12-24-17-9-3-8-16-19(17)14-6-1-2-7-15(14)23-16/h1-4,6-10,13,23H,5,11-12H2,(H2,21,22). The number of hydrogen-bond acceptors (Lipinski definition) is 3. The number of amidine groups is 1. The fourth-order valence-corrected chi connectivity index (χ4v) is 3.62. The Morgan fingerprint density at radius 1 is 1.04 bits per heavy atom. The molecule has 0 unspecified atom stereocenters. The average Bonchev–Trinajstić information content (AvgIpc) is 3.29. The van der Waals surface area contributed by atoms with Crippen molar-refractivity contribution in [3.63, 3.8) is 0 Å². The molecule has 4 nitrogen and oxygen atoms in total. The predicted molar refractivity (Wildman–Crippen MR) is 105 cm³/mol. The van der Waals surface area contributed by atoms with Gasteiger partial charge in [-0.05, 0) is 36.1 Å². The van der Waals surface area contributed by atoms with Crippen molar-refractivity contribution < 1.29 is 4.74 Å². The van der Waals surface area contributed by atoms with Crippen molar-refractivity contribution in [2.75, 3.05) is 13.2 Å². The second-order valence-corrected chi connectivity index (χ2v) is 6.78. The van der Waals surface area contributed by atoms with Crippen LogP contribution in [0.2, 0.25) is 0 Å². The van der Waals surface area contributed by atoms with E-state index in [1.165, 1.54) is 5.39 Å². The van der Waals surface area contributed by atoms with Crippen molar-refractivity contribution in [2.45, 2.75) is 6.42 Å². The summed E-state index contributed by atoms with van der Waals surface area (Å²) in [6.07, 6.45) is 0.840. The summed E-state index contributed by atoms with van der Waals surface area (Å²) in [4.78, 5) is 4.39. The summed E-state index contributed by atoms with van der Waals surface area (Å²) in [5.74, 6) is 1.39. The second kappa shape index (κ2) is 6.99. The fourth-order valence-electron chi connectivity index (χ4n) is 2.96. The predicted octanol–water partition coefficient (Wildman–Crippen LogP) is 4.77. The summed E-state index contributed by atoms with van der Waals surface area (Å²) in [5.41, 5.74) is 2.22. The van der Waals surface area contributed by atoms with Gasteiger partial charge in [0.05, 0.1) is 17.0 Å². The molecule has 0 fully saturated rings. The minimum absolute atomic E-state index is 0.480. The Kier molecular flexibility index (Phi) is 4.39. The molecule has 4 rings (SSSR count). The lowest BCUT2D eigenvalue weighted by Gasteiger charge is -2.09. The highest BCUT2D eigenvalue weighted by atomic mass is 32.1. The third-order valence-electron chi connectivity index (χ3n) is 4.14. The first-order valence-corrected chi connectivity index (χ1v) is 9.19. The minimum Gasteiger partial charge on any atom is -0.493 e. The van der Waals surface area contributed by atoms with E-state index >= 15 is 0 Å². The Balaban J connectivity index is 1.39. The quantitative estimate of drug-likeness (QED) is 0.267. The summed E-state index contributed by atoms with van der Waals surface area (Å²) in [6.45, 7) is 1.34. The number of H-pyrrole nitrogens is 1. The lowest BCUT2D eigenvalue weighted by atomic mass is 10.1. The Labute approximate surface area is 150 Å². The van der Waals surface area contributed by atoms with Crippen molar-refractivity contribution in [3.8, 4) is 5.75 Å². The molecule has 0 bridgehead atoms. The Morgan fingerprint density at radius 2 is 1.92 bits per heavy atom. The first-order valence-electron chi connectivity index (χ1n) is 8.31. The van der Waals surface area contributed by atoms with E-state index in [2.05, 4.69) is 28.5 Å². The van der Waals surface area contributed by atoms with Gasteiger partial charge in [-0.25, -0.2) is 0 Å².